The molecule has 0 bridgehead atoms. The molecule has 17 heavy (non-hydrogen) atoms. The normalized spacial score (nSPS) is 17.2. The van der Waals surface area contributed by atoms with Gasteiger partial charge in [-0.2, -0.15) is 0 Å². The number of aromatic hydroxyl groups is 3. The first-order valence-electron chi connectivity index (χ1n) is 5.83. The highest BCUT2D eigenvalue weighted by Gasteiger charge is 2.13. The molecule has 0 aromatic heterocycles. The van der Waals surface area contributed by atoms with Gasteiger partial charge in [-0.25, -0.2) is 0 Å². The molecule has 1 aromatic rings. The van der Waals surface area contributed by atoms with Crippen LogP contribution in [0.15, 0.2) is 12.1 Å². The molecule has 0 aliphatic carbocycles. The Morgan fingerprint density at radius 2 is 1.65 bits per heavy atom. The lowest BCUT2D eigenvalue weighted by atomic mass is 10.1. The second-order valence-corrected chi connectivity index (χ2v) is 4.30. The summed E-state index contributed by atoms with van der Waals surface area (Å²) in [4.78, 5) is 2.28. The second kappa shape index (κ2) is 5.25. The lowest BCUT2D eigenvalue weighted by Gasteiger charge is -2.27. The molecule has 4 N–H and O–H groups in total. The predicted octanol–water partition coefficient (Wildman–Crippen LogP) is 0.251. The number of hydrogen-bond acceptors (Lipinski definition) is 5. The van der Waals surface area contributed by atoms with E-state index in [4.69, 9.17) is 0 Å². The van der Waals surface area contributed by atoms with Gasteiger partial charge in [-0.05, 0) is 6.42 Å². The summed E-state index contributed by atoms with van der Waals surface area (Å²) in [5.74, 6) is -0.207. The maximum Gasteiger partial charge on any atom is 0.126 e. The fourth-order valence-electron chi connectivity index (χ4n) is 2.09. The van der Waals surface area contributed by atoms with Crippen molar-refractivity contribution in [1.82, 2.24) is 10.2 Å². The van der Waals surface area contributed by atoms with Crippen LogP contribution in [-0.2, 0) is 6.42 Å². The van der Waals surface area contributed by atoms with E-state index in [2.05, 4.69) is 10.2 Å². The highest BCUT2D eigenvalue weighted by Crippen LogP contribution is 2.32. The van der Waals surface area contributed by atoms with Crippen LogP contribution in [0.5, 0.6) is 17.2 Å². The largest absolute Gasteiger partial charge is 0.508 e. The number of phenols is 3. The Balaban J connectivity index is 1.98. The van der Waals surface area contributed by atoms with Crippen LogP contribution < -0.4 is 5.32 Å². The molecule has 1 aromatic carbocycles. The Morgan fingerprint density at radius 3 is 2.24 bits per heavy atom. The molecule has 1 saturated heterocycles. The van der Waals surface area contributed by atoms with E-state index in [1.165, 1.54) is 12.1 Å². The summed E-state index contributed by atoms with van der Waals surface area (Å²) in [5, 5.41) is 31.8. The quantitative estimate of drug-likeness (QED) is 0.607. The number of phenolic OH excluding ortho intramolecular Hbond substituents is 3. The van der Waals surface area contributed by atoms with Gasteiger partial charge < -0.3 is 25.5 Å². The first kappa shape index (κ1) is 12.0. The zero-order valence-electron chi connectivity index (χ0n) is 9.69. The minimum atomic E-state index is -0.120. The Hall–Kier alpha value is -1.46. The zero-order chi connectivity index (χ0) is 12.3. The van der Waals surface area contributed by atoms with Crippen molar-refractivity contribution in [3.8, 4) is 17.2 Å². The third kappa shape index (κ3) is 3.01. The SMILES string of the molecule is Oc1cc(O)c(CCN2CCNCC2)c(O)c1. The van der Waals surface area contributed by atoms with Crippen LogP contribution in [0.25, 0.3) is 0 Å². The molecule has 94 valence electrons. The maximum atomic E-state index is 9.65. The average Bonchev–Trinajstić information content (AvgIpc) is 2.29. The summed E-state index contributed by atoms with van der Waals surface area (Å²) in [6.07, 6.45) is 0.581. The fourth-order valence-corrected chi connectivity index (χ4v) is 2.09. The Kier molecular flexibility index (Phi) is 3.71. The van der Waals surface area contributed by atoms with Gasteiger partial charge in [-0.1, -0.05) is 0 Å². The molecule has 1 aliphatic heterocycles. The smallest absolute Gasteiger partial charge is 0.126 e. The van der Waals surface area contributed by atoms with Crippen molar-refractivity contribution in [2.75, 3.05) is 32.7 Å². The molecule has 0 spiro atoms. The summed E-state index contributed by atoms with van der Waals surface area (Å²) < 4.78 is 0. The molecule has 0 radical (unpaired) electrons. The molecule has 5 heteroatoms. The average molecular weight is 238 g/mol. The number of nitrogens with one attached hydrogen (secondary N) is 1. The lowest BCUT2D eigenvalue weighted by molar-refractivity contribution is 0.242. The lowest BCUT2D eigenvalue weighted by Crippen LogP contribution is -2.44. The van der Waals surface area contributed by atoms with Crippen LogP contribution in [0.1, 0.15) is 5.56 Å². The Labute approximate surface area is 100 Å². The third-order valence-electron chi connectivity index (χ3n) is 3.08. The maximum absolute atomic E-state index is 9.65. The van der Waals surface area contributed by atoms with Crippen LogP contribution in [0.3, 0.4) is 0 Å². The van der Waals surface area contributed by atoms with Gasteiger partial charge in [0.2, 0.25) is 0 Å². The molecule has 2 rings (SSSR count). The molecule has 0 atom stereocenters. The van der Waals surface area contributed by atoms with E-state index >= 15 is 0 Å². The molecule has 0 amide bonds. The first-order valence-corrected chi connectivity index (χ1v) is 5.83. The predicted molar refractivity (Wildman–Crippen MR) is 64.5 cm³/mol. The van der Waals surface area contributed by atoms with Gasteiger partial charge in [-0.3, -0.25) is 0 Å². The van der Waals surface area contributed by atoms with E-state index in [1.807, 2.05) is 0 Å². The third-order valence-corrected chi connectivity index (χ3v) is 3.08. The van der Waals surface area contributed by atoms with Crippen LogP contribution in [0, 0.1) is 0 Å². The van der Waals surface area contributed by atoms with E-state index < -0.39 is 0 Å². The van der Waals surface area contributed by atoms with E-state index in [0.717, 1.165) is 32.7 Å². The monoisotopic (exact) mass is 238 g/mol. The van der Waals surface area contributed by atoms with Crippen molar-refractivity contribution in [3.05, 3.63) is 17.7 Å². The van der Waals surface area contributed by atoms with E-state index in [9.17, 15) is 15.3 Å². The number of benzene rings is 1. The van der Waals surface area contributed by atoms with Crippen molar-refractivity contribution in [3.63, 3.8) is 0 Å². The van der Waals surface area contributed by atoms with Gasteiger partial charge in [0.05, 0.1) is 0 Å². The van der Waals surface area contributed by atoms with Gasteiger partial charge >= 0.3 is 0 Å². The molecule has 1 fully saturated rings. The topological polar surface area (TPSA) is 76.0 Å². The fraction of sp³-hybridized carbons (Fsp3) is 0.500. The standard InChI is InChI=1S/C12H18N2O3/c15-9-7-11(16)10(12(17)8-9)1-4-14-5-2-13-3-6-14/h7-8,13,15-17H,1-6H2. The summed E-state index contributed by atoms with van der Waals surface area (Å²) in [5.41, 5.74) is 0.501. The number of rotatable bonds is 3. The zero-order valence-corrected chi connectivity index (χ0v) is 9.69. The van der Waals surface area contributed by atoms with E-state index in [1.54, 1.807) is 0 Å². The molecular formula is C12H18N2O3. The van der Waals surface area contributed by atoms with Crippen molar-refractivity contribution in [2.24, 2.45) is 0 Å². The minimum Gasteiger partial charge on any atom is -0.508 e. The van der Waals surface area contributed by atoms with Crippen molar-refractivity contribution in [1.29, 1.82) is 0 Å². The van der Waals surface area contributed by atoms with Gasteiger partial charge in [0.15, 0.2) is 0 Å². The molecular weight excluding hydrogens is 220 g/mol. The highest BCUT2D eigenvalue weighted by molar-refractivity contribution is 5.48. The Morgan fingerprint density at radius 1 is 1.06 bits per heavy atom. The van der Waals surface area contributed by atoms with E-state index in [-0.39, 0.29) is 17.2 Å². The second-order valence-electron chi connectivity index (χ2n) is 4.30. The van der Waals surface area contributed by atoms with Gasteiger partial charge in [0.1, 0.15) is 17.2 Å². The van der Waals surface area contributed by atoms with Gasteiger partial charge in [0, 0.05) is 50.4 Å². The first-order chi connectivity index (χ1) is 8.16. The van der Waals surface area contributed by atoms with Crippen molar-refractivity contribution in [2.45, 2.75) is 6.42 Å². The van der Waals surface area contributed by atoms with Crippen molar-refractivity contribution >= 4 is 0 Å². The molecule has 1 heterocycles. The van der Waals surface area contributed by atoms with Crippen molar-refractivity contribution < 1.29 is 15.3 Å². The summed E-state index contributed by atoms with van der Waals surface area (Å²) in [6, 6.07) is 2.51. The molecule has 5 nitrogen and oxygen atoms in total. The Bertz CT molecular complexity index is 366. The molecule has 1 aliphatic rings. The summed E-state index contributed by atoms with van der Waals surface area (Å²) in [7, 11) is 0. The van der Waals surface area contributed by atoms with Crippen LogP contribution >= 0.6 is 0 Å². The van der Waals surface area contributed by atoms with Crippen LogP contribution in [-0.4, -0.2) is 52.9 Å². The van der Waals surface area contributed by atoms with E-state index in [0.29, 0.717) is 12.0 Å². The number of hydrogen-bond donors (Lipinski definition) is 4. The molecule has 0 saturated carbocycles. The van der Waals surface area contributed by atoms with Gasteiger partial charge in [0.25, 0.3) is 0 Å². The van der Waals surface area contributed by atoms with Crippen LogP contribution in [0.4, 0.5) is 0 Å². The number of piperazine rings is 1. The summed E-state index contributed by atoms with van der Waals surface area (Å²) >= 11 is 0. The number of nitrogens with zero attached hydrogens (tertiary/aromatic N) is 1. The van der Waals surface area contributed by atoms with Gasteiger partial charge in [-0.15, -0.1) is 0 Å². The minimum absolute atomic E-state index is 0.0439. The van der Waals surface area contributed by atoms with Crippen LogP contribution in [0.2, 0.25) is 0 Å². The molecule has 0 unspecified atom stereocenters. The summed E-state index contributed by atoms with van der Waals surface area (Å²) in [6.45, 7) is 4.73. The highest BCUT2D eigenvalue weighted by atomic mass is 16.3.